The van der Waals surface area contributed by atoms with Gasteiger partial charge in [0.2, 0.25) is 0 Å². The summed E-state index contributed by atoms with van der Waals surface area (Å²) < 4.78 is 1.75. The van der Waals surface area contributed by atoms with Gasteiger partial charge in [0.05, 0.1) is 23.3 Å². The third-order valence-electron chi connectivity index (χ3n) is 3.65. The zero-order valence-electron chi connectivity index (χ0n) is 11.9. The molecule has 1 unspecified atom stereocenters. The highest BCUT2D eigenvalue weighted by Crippen LogP contribution is 2.28. The third kappa shape index (κ3) is 2.17. The van der Waals surface area contributed by atoms with Crippen LogP contribution in [0.4, 0.5) is 5.69 Å². The SMILES string of the molecule is CC(c1ccccc1)n1ncc2c(NN)c(C(=O)O)cnc21. The number of hydrazine groups is 1. The molecule has 22 heavy (non-hydrogen) atoms. The van der Waals surface area contributed by atoms with Crippen molar-refractivity contribution >= 4 is 22.7 Å². The average Bonchev–Trinajstić information content (AvgIpc) is 2.97. The fourth-order valence-electron chi connectivity index (χ4n) is 2.47. The zero-order valence-corrected chi connectivity index (χ0v) is 11.9. The van der Waals surface area contributed by atoms with Crippen molar-refractivity contribution in [2.45, 2.75) is 13.0 Å². The standard InChI is InChI=1S/C15H15N5O2/c1-9(10-5-3-2-4-6-10)20-14-11(8-18-20)13(19-16)12(7-17-14)15(21)22/h2-9H,16H2,1H3,(H,17,19)(H,21,22). The van der Waals surface area contributed by atoms with Gasteiger partial charge >= 0.3 is 5.97 Å². The maximum Gasteiger partial charge on any atom is 0.339 e. The molecule has 0 aliphatic rings. The van der Waals surface area contributed by atoms with Gasteiger partial charge in [0.15, 0.2) is 5.65 Å². The first-order chi connectivity index (χ1) is 10.6. The number of anilines is 1. The number of fused-ring (bicyclic) bond motifs is 1. The number of hydrogen-bond donors (Lipinski definition) is 3. The first-order valence-corrected chi connectivity index (χ1v) is 6.74. The van der Waals surface area contributed by atoms with E-state index < -0.39 is 5.97 Å². The van der Waals surface area contributed by atoms with Crippen molar-refractivity contribution in [3.8, 4) is 0 Å². The molecule has 7 nitrogen and oxygen atoms in total. The van der Waals surface area contributed by atoms with Crippen molar-refractivity contribution in [1.29, 1.82) is 0 Å². The van der Waals surface area contributed by atoms with E-state index in [1.165, 1.54) is 6.20 Å². The number of carboxylic acids is 1. The molecule has 3 aromatic rings. The monoisotopic (exact) mass is 297 g/mol. The Kier molecular flexibility index (Phi) is 3.48. The van der Waals surface area contributed by atoms with E-state index in [0.717, 1.165) is 5.56 Å². The Morgan fingerprint density at radius 2 is 2.05 bits per heavy atom. The zero-order chi connectivity index (χ0) is 15.7. The summed E-state index contributed by atoms with van der Waals surface area (Å²) in [7, 11) is 0. The van der Waals surface area contributed by atoms with E-state index in [0.29, 0.717) is 16.7 Å². The predicted molar refractivity (Wildman–Crippen MR) is 82.6 cm³/mol. The molecule has 2 aromatic heterocycles. The molecule has 0 bridgehead atoms. The Hall–Kier alpha value is -2.93. The average molecular weight is 297 g/mol. The summed E-state index contributed by atoms with van der Waals surface area (Å²) >= 11 is 0. The van der Waals surface area contributed by atoms with Gasteiger partial charge in [-0.2, -0.15) is 5.10 Å². The quantitative estimate of drug-likeness (QED) is 0.502. The number of nitrogens with one attached hydrogen (secondary N) is 1. The summed E-state index contributed by atoms with van der Waals surface area (Å²) in [4.78, 5) is 15.5. The lowest BCUT2D eigenvalue weighted by atomic mass is 10.1. The van der Waals surface area contributed by atoms with Gasteiger partial charge in [-0.3, -0.25) is 5.84 Å². The molecule has 0 saturated carbocycles. The molecule has 0 spiro atoms. The number of nitrogen functional groups attached to an aromatic ring is 1. The number of nitrogens with zero attached hydrogens (tertiary/aromatic N) is 3. The van der Waals surface area contributed by atoms with Gasteiger partial charge in [0.1, 0.15) is 5.56 Å². The molecule has 0 radical (unpaired) electrons. The Bertz CT molecular complexity index is 829. The third-order valence-corrected chi connectivity index (χ3v) is 3.65. The highest BCUT2D eigenvalue weighted by atomic mass is 16.4. The fraction of sp³-hybridized carbons (Fsp3) is 0.133. The van der Waals surface area contributed by atoms with Gasteiger partial charge in [0, 0.05) is 6.20 Å². The summed E-state index contributed by atoms with van der Waals surface area (Å²) in [5.41, 5.74) is 4.42. The van der Waals surface area contributed by atoms with Crippen molar-refractivity contribution in [2.75, 3.05) is 5.43 Å². The number of hydrogen-bond acceptors (Lipinski definition) is 5. The lowest BCUT2D eigenvalue weighted by Gasteiger charge is -2.14. The number of aromatic carboxylic acids is 1. The molecule has 4 N–H and O–H groups in total. The maximum absolute atomic E-state index is 11.2. The highest BCUT2D eigenvalue weighted by Gasteiger charge is 2.19. The van der Waals surface area contributed by atoms with Gasteiger partial charge in [-0.05, 0) is 12.5 Å². The molecule has 0 fully saturated rings. The van der Waals surface area contributed by atoms with Crippen LogP contribution in [0.1, 0.15) is 28.9 Å². The normalized spacial score (nSPS) is 12.3. The topological polar surface area (TPSA) is 106 Å². The van der Waals surface area contributed by atoms with Gasteiger partial charge < -0.3 is 10.5 Å². The van der Waals surface area contributed by atoms with Gasteiger partial charge in [-0.25, -0.2) is 14.5 Å². The first-order valence-electron chi connectivity index (χ1n) is 6.74. The molecule has 0 aliphatic carbocycles. The van der Waals surface area contributed by atoms with Gasteiger partial charge in [-0.1, -0.05) is 30.3 Å². The lowest BCUT2D eigenvalue weighted by Crippen LogP contribution is -2.14. The van der Waals surface area contributed by atoms with E-state index in [1.807, 2.05) is 37.3 Å². The molecular weight excluding hydrogens is 282 g/mol. The van der Waals surface area contributed by atoms with Crippen LogP contribution >= 0.6 is 0 Å². The highest BCUT2D eigenvalue weighted by molar-refractivity contribution is 6.03. The Morgan fingerprint density at radius 3 is 2.68 bits per heavy atom. The number of pyridine rings is 1. The van der Waals surface area contributed by atoms with Crippen LogP contribution in [0, 0.1) is 0 Å². The number of nitrogens with two attached hydrogens (primary N) is 1. The van der Waals surface area contributed by atoms with Crippen LogP contribution in [0.3, 0.4) is 0 Å². The van der Waals surface area contributed by atoms with E-state index in [-0.39, 0.29) is 11.6 Å². The summed E-state index contributed by atoms with van der Waals surface area (Å²) in [5.74, 6) is 4.38. The second-order valence-electron chi connectivity index (χ2n) is 4.91. The first kappa shape index (κ1) is 14.0. The summed E-state index contributed by atoms with van der Waals surface area (Å²) in [6.45, 7) is 2.00. The van der Waals surface area contributed by atoms with Gasteiger partial charge in [-0.15, -0.1) is 0 Å². The van der Waals surface area contributed by atoms with E-state index in [4.69, 9.17) is 5.84 Å². The molecule has 7 heteroatoms. The van der Waals surface area contributed by atoms with E-state index in [2.05, 4.69) is 15.5 Å². The van der Waals surface area contributed by atoms with Crippen molar-refractivity contribution in [3.63, 3.8) is 0 Å². The number of carboxylic acid groups (broad SMARTS) is 1. The summed E-state index contributed by atoms with van der Waals surface area (Å²) in [6.07, 6.45) is 2.86. The molecule has 0 aliphatic heterocycles. The van der Waals surface area contributed by atoms with Crippen molar-refractivity contribution < 1.29 is 9.90 Å². The van der Waals surface area contributed by atoms with E-state index in [9.17, 15) is 9.90 Å². The van der Waals surface area contributed by atoms with Crippen molar-refractivity contribution in [2.24, 2.45) is 5.84 Å². The maximum atomic E-state index is 11.2. The largest absolute Gasteiger partial charge is 0.478 e. The van der Waals surface area contributed by atoms with Crippen LogP contribution in [0.2, 0.25) is 0 Å². The number of carbonyl (C=O) groups is 1. The Morgan fingerprint density at radius 1 is 1.32 bits per heavy atom. The minimum atomic E-state index is -1.09. The number of benzene rings is 1. The van der Waals surface area contributed by atoms with Crippen LogP contribution in [-0.4, -0.2) is 25.8 Å². The molecule has 1 atom stereocenters. The van der Waals surface area contributed by atoms with Crippen LogP contribution in [0.5, 0.6) is 0 Å². The molecular formula is C15H15N5O2. The number of aromatic nitrogens is 3. The molecule has 1 aromatic carbocycles. The molecule has 2 heterocycles. The minimum absolute atomic E-state index is 0.0157. The lowest BCUT2D eigenvalue weighted by molar-refractivity contribution is 0.0697. The van der Waals surface area contributed by atoms with Crippen molar-refractivity contribution in [1.82, 2.24) is 14.8 Å². The van der Waals surface area contributed by atoms with Gasteiger partial charge in [0.25, 0.3) is 0 Å². The van der Waals surface area contributed by atoms with Crippen molar-refractivity contribution in [3.05, 3.63) is 53.9 Å². The van der Waals surface area contributed by atoms with E-state index >= 15 is 0 Å². The molecule has 3 rings (SSSR count). The minimum Gasteiger partial charge on any atom is -0.478 e. The fourth-order valence-corrected chi connectivity index (χ4v) is 2.47. The second kappa shape index (κ2) is 5.45. The van der Waals surface area contributed by atoms with Crippen LogP contribution < -0.4 is 11.3 Å². The van der Waals surface area contributed by atoms with Crippen LogP contribution in [0.15, 0.2) is 42.7 Å². The number of rotatable bonds is 4. The summed E-state index contributed by atoms with van der Waals surface area (Å²) in [6, 6.07) is 9.84. The Labute approximate surface area is 126 Å². The molecule has 112 valence electrons. The second-order valence-corrected chi connectivity index (χ2v) is 4.91. The molecule has 0 amide bonds. The predicted octanol–water partition coefficient (Wildman–Crippen LogP) is 2.02. The summed E-state index contributed by atoms with van der Waals surface area (Å²) in [5, 5.41) is 14.1. The molecule has 0 saturated heterocycles. The smallest absolute Gasteiger partial charge is 0.339 e. The van der Waals surface area contributed by atoms with Crippen LogP contribution in [-0.2, 0) is 0 Å². The Balaban J connectivity index is 2.16. The van der Waals surface area contributed by atoms with E-state index in [1.54, 1.807) is 10.9 Å². The van der Waals surface area contributed by atoms with Crippen LogP contribution in [0.25, 0.3) is 11.0 Å².